The number of nitrogens with zero attached hydrogens (tertiary/aromatic N) is 2. The van der Waals surface area contributed by atoms with Gasteiger partial charge in [0.15, 0.2) is 0 Å². The number of hydrogen-bond donors (Lipinski definition) is 1. The summed E-state index contributed by atoms with van der Waals surface area (Å²) in [5.41, 5.74) is 1.09. The smallest absolute Gasteiger partial charge is 0.241 e. The van der Waals surface area contributed by atoms with E-state index in [0.29, 0.717) is 17.8 Å². The van der Waals surface area contributed by atoms with Crippen LogP contribution in [-0.4, -0.2) is 55.3 Å². The first-order valence-corrected chi connectivity index (χ1v) is 9.51. The highest BCUT2D eigenvalue weighted by Crippen LogP contribution is 2.37. The van der Waals surface area contributed by atoms with Crippen LogP contribution in [0.25, 0.3) is 0 Å². The van der Waals surface area contributed by atoms with E-state index in [1.807, 2.05) is 29.8 Å². The van der Waals surface area contributed by atoms with Crippen LogP contribution in [0.5, 0.6) is 0 Å². The van der Waals surface area contributed by atoms with E-state index < -0.39 is 0 Å². The van der Waals surface area contributed by atoms with Crippen molar-refractivity contribution in [1.29, 1.82) is 0 Å². The molecular weight excluding hydrogens is 342 g/mol. The molecular formula is C18H28ClN3OS. The molecule has 134 valence electrons. The van der Waals surface area contributed by atoms with Gasteiger partial charge in [-0.05, 0) is 45.0 Å². The van der Waals surface area contributed by atoms with Gasteiger partial charge in [0.05, 0.1) is 12.2 Å². The fraction of sp³-hybridized carbons (Fsp3) is 0.611. The largest absolute Gasteiger partial charge is 0.316 e. The number of rotatable bonds is 3. The van der Waals surface area contributed by atoms with Gasteiger partial charge < -0.3 is 10.2 Å². The molecule has 2 atom stereocenters. The maximum atomic E-state index is 12.9. The Labute approximate surface area is 155 Å². The van der Waals surface area contributed by atoms with Crippen molar-refractivity contribution in [3.63, 3.8) is 0 Å². The van der Waals surface area contributed by atoms with Crippen LogP contribution in [0.3, 0.4) is 0 Å². The van der Waals surface area contributed by atoms with Crippen molar-refractivity contribution >= 4 is 35.8 Å². The van der Waals surface area contributed by atoms with Gasteiger partial charge in [-0.25, -0.2) is 0 Å². The molecule has 2 unspecified atom stereocenters. The number of amides is 1. The van der Waals surface area contributed by atoms with Crippen molar-refractivity contribution in [1.82, 2.24) is 10.2 Å². The molecule has 2 aliphatic rings. The van der Waals surface area contributed by atoms with Crippen molar-refractivity contribution in [3.8, 4) is 0 Å². The van der Waals surface area contributed by atoms with Gasteiger partial charge in [0, 0.05) is 29.3 Å². The average molecular weight is 370 g/mol. The SMILES string of the molecule is CNC1CCCN(CC(=O)N2CCC(C)Sc3ccccc32)C1.Cl. The number of thioether (sulfide) groups is 1. The Hall–Kier alpha value is -0.750. The summed E-state index contributed by atoms with van der Waals surface area (Å²) < 4.78 is 0. The van der Waals surface area contributed by atoms with E-state index in [1.165, 1.54) is 17.7 Å². The molecule has 4 nitrogen and oxygen atoms in total. The molecule has 1 aromatic carbocycles. The first kappa shape index (κ1) is 19.6. The summed E-state index contributed by atoms with van der Waals surface area (Å²) in [7, 11) is 2.01. The summed E-state index contributed by atoms with van der Waals surface area (Å²) in [5.74, 6) is 0.240. The third kappa shape index (κ3) is 4.66. The molecule has 0 bridgehead atoms. The van der Waals surface area contributed by atoms with E-state index in [9.17, 15) is 4.79 Å². The minimum absolute atomic E-state index is 0. The van der Waals surface area contributed by atoms with Crippen LogP contribution < -0.4 is 10.2 Å². The summed E-state index contributed by atoms with van der Waals surface area (Å²) in [6.45, 7) is 5.61. The van der Waals surface area contributed by atoms with Crippen LogP contribution in [0.4, 0.5) is 5.69 Å². The highest BCUT2D eigenvalue weighted by atomic mass is 35.5. The minimum atomic E-state index is 0. The first-order valence-electron chi connectivity index (χ1n) is 8.63. The maximum absolute atomic E-state index is 12.9. The summed E-state index contributed by atoms with van der Waals surface area (Å²) in [6, 6.07) is 8.84. The van der Waals surface area contributed by atoms with Crippen LogP contribution in [0, 0.1) is 0 Å². The Kier molecular flexibility index (Phi) is 7.41. The normalized spacial score (nSPS) is 24.7. The molecule has 0 radical (unpaired) electrons. The fourth-order valence-electron chi connectivity index (χ4n) is 3.46. The molecule has 1 aromatic rings. The van der Waals surface area contributed by atoms with Gasteiger partial charge in [0.2, 0.25) is 5.91 Å². The average Bonchev–Trinajstić information content (AvgIpc) is 2.73. The third-order valence-electron chi connectivity index (χ3n) is 4.82. The number of nitrogens with one attached hydrogen (secondary N) is 1. The number of fused-ring (bicyclic) bond motifs is 1. The highest BCUT2D eigenvalue weighted by Gasteiger charge is 2.27. The lowest BCUT2D eigenvalue weighted by Gasteiger charge is -2.33. The number of carbonyl (C=O) groups is 1. The molecule has 3 rings (SSSR count). The Balaban J connectivity index is 0.00000208. The van der Waals surface area contributed by atoms with Crippen molar-refractivity contribution in [2.24, 2.45) is 0 Å². The van der Waals surface area contributed by atoms with Crippen molar-refractivity contribution < 1.29 is 4.79 Å². The van der Waals surface area contributed by atoms with Crippen LogP contribution >= 0.6 is 24.2 Å². The molecule has 24 heavy (non-hydrogen) atoms. The van der Waals surface area contributed by atoms with E-state index in [4.69, 9.17) is 0 Å². The summed E-state index contributed by atoms with van der Waals surface area (Å²) >= 11 is 1.89. The Morgan fingerprint density at radius 3 is 2.88 bits per heavy atom. The van der Waals surface area contributed by atoms with Crippen molar-refractivity contribution in [2.45, 2.75) is 42.4 Å². The topological polar surface area (TPSA) is 35.6 Å². The summed E-state index contributed by atoms with van der Waals surface area (Å²) in [5, 5.41) is 3.90. The number of halogens is 1. The van der Waals surface area contributed by atoms with Crippen molar-refractivity contribution in [2.75, 3.05) is 38.1 Å². The fourth-order valence-corrected chi connectivity index (χ4v) is 4.57. The molecule has 1 N–H and O–H groups in total. The quantitative estimate of drug-likeness (QED) is 0.888. The number of benzene rings is 1. The minimum Gasteiger partial charge on any atom is -0.316 e. The van der Waals surface area contributed by atoms with Gasteiger partial charge in [-0.1, -0.05) is 19.1 Å². The van der Waals surface area contributed by atoms with Gasteiger partial charge in [0.25, 0.3) is 0 Å². The van der Waals surface area contributed by atoms with Crippen LogP contribution in [-0.2, 0) is 4.79 Å². The van der Waals surface area contributed by atoms with Crippen LogP contribution in [0.1, 0.15) is 26.2 Å². The predicted octanol–water partition coefficient (Wildman–Crippen LogP) is 3.01. The van der Waals surface area contributed by atoms with E-state index in [0.717, 1.165) is 31.7 Å². The summed E-state index contributed by atoms with van der Waals surface area (Å²) in [6.07, 6.45) is 3.42. The van der Waals surface area contributed by atoms with E-state index >= 15 is 0 Å². The standard InChI is InChI=1S/C18H27N3OS.ClH/c1-14-9-11-21(16-7-3-4-8-17(16)23-14)18(22)13-20-10-5-6-15(12-20)19-2;/h3-4,7-8,14-15,19H,5-6,9-13H2,1-2H3;1H. The molecule has 0 aromatic heterocycles. The lowest BCUT2D eigenvalue weighted by atomic mass is 10.1. The Bertz CT molecular complexity index is 557. The van der Waals surface area contributed by atoms with Crippen molar-refractivity contribution in [3.05, 3.63) is 24.3 Å². The van der Waals surface area contributed by atoms with Crippen LogP contribution in [0.2, 0.25) is 0 Å². The number of anilines is 1. The molecule has 1 saturated heterocycles. The predicted molar refractivity (Wildman–Crippen MR) is 105 cm³/mol. The zero-order chi connectivity index (χ0) is 16.2. The van der Waals surface area contributed by atoms with Gasteiger partial charge in [0.1, 0.15) is 0 Å². The molecule has 1 amide bonds. The van der Waals surface area contributed by atoms with Gasteiger partial charge in [-0.3, -0.25) is 9.69 Å². The number of likely N-dealkylation sites (N-methyl/N-ethyl adjacent to an activating group) is 1. The molecule has 0 saturated carbocycles. The molecule has 0 spiro atoms. The highest BCUT2D eigenvalue weighted by molar-refractivity contribution is 8.00. The number of likely N-dealkylation sites (tertiary alicyclic amines) is 1. The second-order valence-corrected chi connectivity index (χ2v) is 8.07. The zero-order valence-electron chi connectivity index (χ0n) is 14.5. The number of carbonyl (C=O) groups excluding carboxylic acids is 1. The van der Waals surface area contributed by atoms with Gasteiger partial charge >= 0.3 is 0 Å². The second kappa shape index (κ2) is 9.09. The van der Waals surface area contributed by atoms with E-state index in [-0.39, 0.29) is 18.3 Å². The lowest BCUT2D eigenvalue weighted by molar-refractivity contribution is -0.120. The zero-order valence-corrected chi connectivity index (χ0v) is 16.2. The number of piperidine rings is 1. The summed E-state index contributed by atoms with van der Waals surface area (Å²) in [4.78, 5) is 18.5. The Morgan fingerprint density at radius 1 is 1.29 bits per heavy atom. The van der Waals surface area contributed by atoms with Gasteiger partial charge in [-0.15, -0.1) is 24.2 Å². The molecule has 2 heterocycles. The number of hydrogen-bond acceptors (Lipinski definition) is 4. The van der Waals surface area contributed by atoms with Crippen LogP contribution in [0.15, 0.2) is 29.2 Å². The van der Waals surface area contributed by atoms with E-state index in [2.05, 4.69) is 35.3 Å². The second-order valence-electron chi connectivity index (χ2n) is 6.59. The lowest BCUT2D eigenvalue weighted by Crippen LogP contribution is -2.49. The Morgan fingerprint density at radius 2 is 2.08 bits per heavy atom. The van der Waals surface area contributed by atoms with Gasteiger partial charge in [-0.2, -0.15) is 0 Å². The molecule has 6 heteroatoms. The van der Waals surface area contributed by atoms with E-state index in [1.54, 1.807) is 0 Å². The monoisotopic (exact) mass is 369 g/mol. The molecule has 2 aliphatic heterocycles. The molecule has 0 aliphatic carbocycles. The maximum Gasteiger partial charge on any atom is 0.241 e. The first-order chi connectivity index (χ1) is 11.2. The molecule has 1 fully saturated rings. The third-order valence-corrected chi connectivity index (χ3v) is 6.05. The number of para-hydroxylation sites is 1.